The van der Waals surface area contributed by atoms with Crippen molar-refractivity contribution in [3.05, 3.63) is 18.2 Å². The lowest BCUT2D eigenvalue weighted by molar-refractivity contribution is 0.417. The molecule has 0 unspecified atom stereocenters. The fourth-order valence-corrected chi connectivity index (χ4v) is 3.97. The van der Waals surface area contributed by atoms with E-state index in [9.17, 15) is 16.8 Å². The van der Waals surface area contributed by atoms with Crippen molar-refractivity contribution in [3.63, 3.8) is 0 Å². The van der Waals surface area contributed by atoms with Crippen LogP contribution in [0.2, 0.25) is 0 Å². The minimum absolute atomic E-state index is 0.256. The summed E-state index contributed by atoms with van der Waals surface area (Å²) in [7, 11) is -5.62. The molecule has 0 aliphatic rings. The Kier molecular flexibility index (Phi) is 4.64. The number of benzene rings is 1. The first-order valence-corrected chi connectivity index (χ1v) is 8.96. The van der Waals surface area contributed by atoms with E-state index in [1.54, 1.807) is 0 Å². The molecular weight excluding hydrogens is 292 g/mol. The van der Waals surface area contributed by atoms with E-state index in [1.807, 2.05) is 0 Å². The Morgan fingerprint density at radius 1 is 1.21 bits per heavy atom. The number of anilines is 2. The van der Waals surface area contributed by atoms with Crippen LogP contribution in [0.3, 0.4) is 0 Å². The van der Waals surface area contributed by atoms with Gasteiger partial charge in [-0.2, -0.15) is 0 Å². The van der Waals surface area contributed by atoms with Gasteiger partial charge in [-0.05, 0) is 18.2 Å². The molecular formula is C10H16N2O5S2. The van der Waals surface area contributed by atoms with Crippen molar-refractivity contribution in [2.75, 3.05) is 35.3 Å². The third-order valence-electron chi connectivity index (χ3n) is 2.23. The van der Waals surface area contributed by atoms with Gasteiger partial charge in [0.25, 0.3) is 0 Å². The van der Waals surface area contributed by atoms with Crippen LogP contribution in [0.25, 0.3) is 0 Å². The predicted octanol–water partition coefficient (Wildman–Crippen LogP) is 0.0637. The molecule has 0 bridgehead atoms. The predicted molar refractivity (Wildman–Crippen MR) is 74.5 cm³/mol. The fourth-order valence-electron chi connectivity index (χ4n) is 1.29. The maximum atomic E-state index is 11.7. The number of ether oxygens (including phenoxy) is 1. The summed E-state index contributed by atoms with van der Waals surface area (Å²) in [6, 6.07) is 4.40. The van der Waals surface area contributed by atoms with E-state index in [2.05, 4.69) is 4.72 Å². The molecule has 0 saturated carbocycles. The van der Waals surface area contributed by atoms with Gasteiger partial charge in [-0.1, -0.05) is 0 Å². The van der Waals surface area contributed by atoms with Gasteiger partial charge in [-0.25, -0.2) is 16.8 Å². The second kappa shape index (κ2) is 5.66. The van der Waals surface area contributed by atoms with Crippen molar-refractivity contribution in [1.29, 1.82) is 0 Å². The number of hydrogen-bond acceptors (Lipinski definition) is 6. The third-order valence-corrected chi connectivity index (χ3v) is 4.72. The molecule has 1 rings (SSSR count). The van der Waals surface area contributed by atoms with Crippen LogP contribution < -0.4 is 15.2 Å². The fraction of sp³-hybridized carbons (Fsp3) is 0.400. The van der Waals surface area contributed by atoms with Gasteiger partial charge in [0, 0.05) is 6.26 Å². The number of sulfonamides is 1. The molecule has 3 N–H and O–H groups in total. The van der Waals surface area contributed by atoms with E-state index in [4.69, 9.17) is 10.5 Å². The lowest BCUT2D eigenvalue weighted by atomic mass is 10.2. The van der Waals surface area contributed by atoms with Gasteiger partial charge in [0.1, 0.15) is 15.6 Å². The van der Waals surface area contributed by atoms with Crippen LogP contribution in [0.5, 0.6) is 5.75 Å². The average molecular weight is 308 g/mol. The maximum absolute atomic E-state index is 11.7. The second-order valence-corrected chi connectivity index (χ2v) is 8.11. The van der Waals surface area contributed by atoms with E-state index in [1.165, 1.54) is 25.3 Å². The Labute approximate surface area is 112 Å². The molecule has 19 heavy (non-hydrogen) atoms. The van der Waals surface area contributed by atoms with Crippen molar-refractivity contribution in [3.8, 4) is 5.75 Å². The Hall–Kier alpha value is -1.48. The molecule has 0 amide bonds. The first kappa shape index (κ1) is 15.6. The summed E-state index contributed by atoms with van der Waals surface area (Å²) >= 11 is 0. The van der Waals surface area contributed by atoms with Crippen LogP contribution in [-0.4, -0.2) is 41.7 Å². The minimum atomic E-state index is -3.73. The van der Waals surface area contributed by atoms with Crippen LogP contribution in [0.4, 0.5) is 11.4 Å². The highest BCUT2D eigenvalue weighted by Gasteiger charge is 2.15. The number of nitrogens with two attached hydrogens (primary N) is 1. The summed E-state index contributed by atoms with van der Waals surface area (Å²) in [6.45, 7) is 0. The van der Waals surface area contributed by atoms with E-state index in [0.717, 1.165) is 6.26 Å². The smallest absolute Gasteiger partial charge is 0.233 e. The van der Waals surface area contributed by atoms with Gasteiger partial charge in [0.15, 0.2) is 0 Å². The summed E-state index contributed by atoms with van der Waals surface area (Å²) in [5.41, 5.74) is 6.18. The third kappa shape index (κ3) is 5.35. The molecule has 0 fully saturated rings. The Bertz CT molecular complexity index is 652. The molecule has 0 atom stereocenters. The van der Waals surface area contributed by atoms with Crippen LogP contribution in [-0.2, 0) is 19.9 Å². The van der Waals surface area contributed by atoms with Crippen LogP contribution >= 0.6 is 0 Å². The van der Waals surface area contributed by atoms with E-state index in [-0.39, 0.29) is 11.4 Å². The van der Waals surface area contributed by atoms with Crippen molar-refractivity contribution in [2.24, 2.45) is 0 Å². The highest BCUT2D eigenvalue weighted by atomic mass is 32.2. The SMILES string of the molecule is COc1ccc(NS(=O)(=O)CCS(C)(=O)=O)cc1N. The number of methoxy groups -OCH3 is 1. The van der Waals surface area contributed by atoms with Crippen molar-refractivity contribution in [2.45, 2.75) is 0 Å². The van der Waals surface area contributed by atoms with Gasteiger partial charge < -0.3 is 10.5 Å². The van der Waals surface area contributed by atoms with Gasteiger partial charge in [0.2, 0.25) is 10.0 Å². The monoisotopic (exact) mass is 308 g/mol. The number of rotatable bonds is 6. The summed E-state index contributed by atoms with van der Waals surface area (Å²) in [5, 5.41) is 0. The first-order chi connectivity index (χ1) is 8.63. The molecule has 108 valence electrons. The molecule has 0 spiro atoms. The van der Waals surface area contributed by atoms with E-state index >= 15 is 0 Å². The summed E-state index contributed by atoms with van der Waals surface area (Å²) in [4.78, 5) is 0. The highest BCUT2D eigenvalue weighted by molar-refractivity contribution is 7.95. The zero-order valence-corrected chi connectivity index (χ0v) is 12.2. The molecule has 0 radical (unpaired) electrons. The minimum Gasteiger partial charge on any atom is -0.495 e. The average Bonchev–Trinajstić information content (AvgIpc) is 2.25. The molecule has 7 nitrogen and oxygen atoms in total. The molecule has 9 heteroatoms. The molecule has 1 aromatic rings. The van der Waals surface area contributed by atoms with Crippen molar-refractivity contribution < 1.29 is 21.6 Å². The molecule has 0 saturated heterocycles. The topological polar surface area (TPSA) is 116 Å². The van der Waals surface area contributed by atoms with Crippen LogP contribution in [0.15, 0.2) is 18.2 Å². The van der Waals surface area contributed by atoms with Gasteiger partial charge in [-0.15, -0.1) is 0 Å². The summed E-state index contributed by atoms with van der Waals surface area (Å²) in [6.07, 6.45) is 0.980. The summed E-state index contributed by atoms with van der Waals surface area (Å²) in [5.74, 6) is -0.509. The second-order valence-electron chi connectivity index (χ2n) is 4.01. The quantitative estimate of drug-likeness (QED) is 0.718. The Morgan fingerprint density at radius 2 is 1.84 bits per heavy atom. The van der Waals surface area contributed by atoms with Crippen molar-refractivity contribution >= 4 is 31.2 Å². The first-order valence-electron chi connectivity index (χ1n) is 5.25. The zero-order valence-electron chi connectivity index (χ0n) is 10.6. The molecule has 0 aliphatic carbocycles. The number of sulfone groups is 1. The summed E-state index contributed by atoms with van der Waals surface area (Å²) < 4.78 is 52.4. The number of nitrogen functional groups attached to an aromatic ring is 1. The Balaban J connectivity index is 2.81. The lowest BCUT2D eigenvalue weighted by Gasteiger charge is -2.10. The highest BCUT2D eigenvalue weighted by Crippen LogP contribution is 2.25. The van der Waals surface area contributed by atoms with Gasteiger partial charge in [0.05, 0.1) is 30.0 Å². The number of hydrogen-bond donors (Lipinski definition) is 2. The lowest BCUT2D eigenvalue weighted by Crippen LogP contribution is -2.22. The molecule has 1 aromatic carbocycles. The zero-order chi connectivity index (χ0) is 14.7. The van der Waals surface area contributed by atoms with E-state index < -0.39 is 31.4 Å². The van der Waals surface area contributed by atoms with Crippen molar-refractivity contribution in [1.82, 2.24) is 0 Å². The van der Waals surface area contributed by atoms with Gasteiger partial charge in [-0.3, -0.25) is 4.72 Å². The normalized spacial score (nSPS) is 12.1. The number of nitrogens with one attached hydrogen (secondary N) is 1. The molecule has 0 aromatic heterocycles. The largest absolute Gasteiger partial charge is 0.495 e. The maximum Gasteiger partial charge on any atom is 0.233 e. The van der Waals surface area contributed by atoms with Gasteiger partial charge >= 0.3 is 0 Å². The van der Waals surface area contributed by atoms with Crippen LogP contribution in [0, 0.1) is 0 Å². The van der Waals surface area contributed by atoms with Crippen LogP contribution in [0.1, 0.15) is 0 Å². The Morgan fingerprint density at radius 3 is 2.32 bits per heavy atom. The molecule has 0 heterocycles. The molecule has 0 aliphatic heterocycles. The van der Waals surface area contributed by atoms with E-state index in [0.29, 0.717) is 5.75 Å². The standard InChI is InChI=1S/C10H16N2O5S2/c1-17-10-4-3-8(7-9(10)11)12-19(15,16)6-5-18(2,13)14/h3-4,7,12H,5-6,11H2,1-2H3.